The molecule has 2 heterocycles. The molecular formula is C17H20N6O2. The number of anilines is 1. The van der Waals surface area contributed by atoms with Crippen LogP contribution in [0.25, 0.3) is 0 Å². The molecule has 1 aromatic heterocycles. The topological polar surface area (TPSA) is 101 Å². The zero-order valence-corrected chi connectivity index (χ0v) is 14.3. The maximum Gasteiger partial charge on any atom is 0.270 e. The van der Waals surface area contributed by atoms with Gasteiger partial charge in [-0.2, -0.15) is 5.26 Å². The van der Waals surface area contributed by atoms with Gasteiger partial charge in [-0.15, -0.1) is 10.2 Å². The molecule has 1 aliphatic rings. The molecule has 0 bridgehead atoms. The summed E-state index contributed by atoms with van der Waals surface area (Å²) in [6.45, 7) is 5.78. The van der Waals surface area contributed by atoms with E-state index in [0.717, 1.165) is 37.4 Å². The molecule has 0 radical (unpaired) electrons. The van der Waals surface area contributed by atoms with E-state index in [9.17, 15) is 15.4 Å². The van der Waals surface area contributed by atoms with Crippen LogP contribution in [0.3, 0.4) is 0 Å². The van der Waals surface area contributed by atoms with Crippen molar-refractivity contribution in [3.8, 4) is 6.07 Å². The van der Waals surface area contributed by atoms with Gasteiger partial charge >= 0.3 is 0 Å². The molecular weight excluding hydrogens is 320 g/mol. The summed E-state index contributed by atoms with van der Waals surface area (Å²) in [6, 6.07) is 6.87. The second-order valence-corrected chi connectivity index (χ2v) is 6.52. The first-order valence-electron chi connectivity index (χ1n) is 8.34. The minimum absolute atomic E-state index is 0.0554. The lowest BCUT2D eigenvalue weighted by Gasteiger charge is -2.34. The van der Waals surface area contributed by atoms with Crippen molar-refractivity contribution in [3.05, 3.63) is 46.0 Å². The molecule has 0 amide bonds. The molecule has 3 rings (SSSR count). The first kappa shape index (κ1) is 16.9. The van der Waals surface area contributed by atoms with Crippen LogP contribution in [0.15, 0.2) is 24.5 Å². The fourth-order valence-corrected chi connectivity index (χ4v) is 3.32. The fraction of sp³-hybridized carbons (Fsp3) is 0.471. The van der Waals surface area contributed by atoms with Gasteiger partial charge in [-0.25, -0.2) is 0 Å². The number of hydrogen-bond donors (Lipinski definition) is 0. The third kappa shape index (κ3) is 3.31. The lowest BCUT2D eigenvalue weighted by Crippen LogP contribution is -2.34. The maximum absolute atomic E-state index is 10.9. The van der Waals surface area contributed by atoms with E-state index in [1.807, 2.05) is 0 Å². The Balaban J connectivity index is 1.75. The Morgan fingerprint density at radius 3 is 2.68 bits per heavy atom. The minimum Gasteiger partial charge on any atom is -0.370 e. The SMILES string of the molecule is CC(C)n1cnnc1C1CCN(c2ccc([N+](=O)[O-])cc2C#N)CC1. The standard InChI is InChI=1S/C17H20N6O2/c1-12(2)22-11-19-20-17(22)13-5-7-21(8-6-13)16-4-3-15(23(24)25)9-14(16)10-18/h3-4,9,11-13H,5-8H2,1-2H3. The van der Waals surface area contributed by atoms with Crippen molar-refractivity contribution in [2.75, 3.05) is 18.0 Å². The average molecular weight is 340 g/mol. The number of non-ortho nitro benzene ring substituents is 1. The highest BCUT2D eigenvalue weighted by molar-refractivity contribution is 5.63. The molecule has 130 valence electrons. The quantitative estimate of drug-likeness (QED) is 0.626. The van der Waals surface area contributed by atoms with E-state index in [1.165, 1.54) is 12.1 Å². The smallest absolute Gasteiger partial charge is 0.270 e. The zero-order valence-electron chi connectivity index (χ0n) is 14.3. The van der Waals surface area contributed by atoms with E-state index in [1.54, 1.807) is 12.4 Å². The lowest BCUT2D eigenvalue weighted by atomic mass is 9.94. The number of nitrogens with zero attached hydrogens (tertiary/aromatic N) is 6. The summed E-state index contributed by atoms with van der Waals surface area (Å²) in [5.74, 6) is 1.35. The van der Waals surface area contributed by atoms with Crippen LogP contribution in [0, 0.1) is 21.4 Å². The molecule has 0 unspecified atom stereocenters. The Morgan fingerprint density at radius 1 is 1.36 bits per heavy atom. The van der Waals surface area contributed by atoms with Crippen LogP contribution in [0.5, 0.6) is 0 Å². The van der Waals surface area contributed by atoms with Crippen LogP contribution >= 0.6 is 0 Å². The number of piperidine rings is 1. The van der Waals surface area contributed by atoms with Crippen LogP contribution in [0.1, 0.15) is 50.0 Å². The van der Waals surface area contributed by atoms with Crippen molar-refractivity contribution < 1.29 is 4.92 Å². The van der Waals surface area contributed by atoms with Gasteiger partial charge < -0.3 is 9.47 Å². The minimum atomic E-state index is -0.477. The summed E-state index contributed by atoms with van der Waals surface area (Å²) in [5, 5.41) is 28.6. The van der Waals surface area contributed by atoms with Gasteiger partial charge in [0.25, 0.3) is 5.69 Å². The third-order valence-corrected chi connectivity index (χ3v) is 4.67. The van der Waals surface area contributed by atoms with Crippen molar-refractivity contribution in [2.24, 2.45) is 0 Å². The van der Waals surface area contributed by atoms with Crippen LogP contribution in [-0.2, 0) is 0 Å². The zero-order chi connectivity index (χ0) is 18.0. The molecule has 0 atom stereocenters. The Kier molecular flexibility index (Phi) is 4.65. The summed E-state index contributed by atoms with van der Waals surface area (Å²) in [5.41, 5.74) is 1.05. The number of rotatable bonds is 4. The van der Waals surface area contributed by atoms with Crippen molar-refractivity contribution in [3.63, 3.8) is 0 Å². The Hall–Kier alpha value is -2.95. The first-order valence-corrected chi connectivity index (χ1v) is 8.34. The van der Waals surface area contributed by atoms with Gasteiger partial charge in [0.2, 0.25) is 0 Å². The van der Waals surface area contributed by atoms with Crippen molar-refractivity contribution >= 4 is 11.4 Å². The predicted octanol–water partition coefficient (Wildman–Crippen LogP) is 3.02. The van der Waals surface area contributed by atoms with Crippen molar-refractivity contribution in [1.82, 2.24) is 14.8 Å². The molecule has 0 N–H and O–H groups in total. The number of benzene rings is 1. The van der Waals surface area contributed by atoms with Gasteiger partial charge in [-0.3, -0.25) is 10.1 Å². The average Bonchev–Trinajstić information content (AvgIpc) is 3.11. The van der Waals surface area contributed by atoms with E-state index in [-0.39, 0.29) is 5.69 Å². The molecule has 1 aromatic carbocycles. The van der Waals surface area contributed by atoms with Gasteiger partial charge in [-0.1, -0.05) is 0 Å². The second kappa shape index (κ2) is 6.89. The highest BCUT2D eigenvalue weighted by atomic mass is 16.6. The Bertz CT molecular complexity index is 815. The number of hydrogen-bond acceptors (Lipinski definition) is 6. The van der Waals surface area contributed by atoms with E-state index >= 15 is 0 Å². The van der Waals surface area contributed by atoms with E-state index in [2.05, 4.69) is 39.6 Å². The summed E-state index contributed by atoms with van der Waals surface area (Å²) in [4.78, 5) is 12.5. The summed E-state index contributed by atoms with van der Waals surface area (Å²) in [7, 11) is 0. The van der Waals surface area contributed by atoms with Gasteiger partial charge in [0.15, 0.2) is 0 Å². The van der Waals surface area contributed by atoms with Gasteiger partial charge in [-0.05, 0) is 32.8 Å². The van der Waals surface area contributed by atoms with Crippen molar-refractivity contribution in [2.45, 2.75) is 38.6 Å². The maximum atomic E-state index is 10.9. The highest BCUT2D eigenvalue weighted by Crippen LogP contribution is 2.32. The fourth-order valence-electron chi connectivity index (χ4n) is 3.32. The van der Waals surface area contributed by atoms with E-state index < -0.39 is 4.92 Å². The molecule has 0 aliphatic carbocycles. The number of aromatic nitrogens is 3. The predicted molar refractivity (Wildman–Crippen MR) is 92.4 cm³/mol. The highest BCUT2D eigenvalue weighted by Gasteiger charge is 2.26. The van der Waals surface area contributed by atoms with Crippen LogP contribution < -0.4 is 4.90 Å². The van der Waals surface area contributed by atoms with Gasteiger partial charge in [0, 0.05) is 37.2 Å². The van der Waals surface area contributed by atoms with Crippen LogP contribution in [-0.4, -0.2) is 32.8 Å². The lowest BCUT2D eigenvalue weighted by molar-refractivity contribution is -0.384. The molecule has 0 spiro atoms. The van der Waals surface area contributed by atoms with Crippen molar-refractivity contribution in [1.29, 1.82) is 5.26 Å². The van der Waals surface area contributed by atoms with E-state index in [0.29, 0.717) is 17.5 Å². The summed E-state index contributed by atoms with van der Waals surface area (Å²) >= 11 is 0. The third-order valence-electron chi connectivity index (χ3n) is 4.67. The number of nitro groups is 1. The van der Waals surface area contributed by atoms with E-state index in [4.69, 9.17) is 0 Å². The molecule has 25 heavy (non-hydrogen) atoms. The first-order chi connectivity index (χ1) is 12.0. The molecule has 1 aliphatic heterocycles. The van der Waals surface area contributed by atoms with Gasteiger partial charge in [0.05, 0.1) is 16.2 Å². The van der Waals surface area contributed by atoms with Gasteiger partial charge in [0.1, 0.15) is 18.2 Å². The van der Waals surface area contributed by atoms with Crippen LogP contribution in [0.2, 0.25) is 0 Å². The summed E-state index contributed by atoms with van der Waals surface area (Å²) in [6.07, 6.45) is 3.59. The molecule has 2 aromatic rings. The molecule has 0 saturated carbocycles. The Morgan fingerprint density at radius 2 is 2.08 bits per heavy atom. The molecule has 8 heteroatoms. The van der Waals surface area contributed by atoms with Crippen LogP contribution in [0.4, 0.5) is 11.4 Å². The monoisotopic (exact) mass is 340 g/mol. The molecule has 1 fully saturated rings. The summed E-state index contributed by atoms with van der Waals surface area (Å²) < 4.78 is 2.10. The largest absolute Gasteiger partial charge is 0.370 e. The molecule has 1 saturated heterocycles. The number of nitriles is 1. The second-order valence-electron chi connectivity index (χ2n) is 6.52. The number of nitro benzene ring substituents is 1. The normalized spacial score (nSPS) is 15.4. The Labute approximate surface area is 145 Å². The molecule has 8 nitrogen and oxygen atoms in total.